The first-order chi connectivity index (χ1) is 18.9. The molecule has 0 radical (unpaired) electrons. The van der Waals surface area contributed by atoms with Crippen LogP contribution in [0, 0.1) is 5.92 Å². The Bertz CT molecular complexity index is 1350. The highest BCUT2D eigenvalue weighted by molar-refractivity contribution is 5.97. The fourth-order valence-electron chi connectivity index (χ4n) is 5.36. The van der Waals surface area contributed by atoms with Gasteiger partial charge in [0.1, 0.15) is 17.0 Å². The third kappa shape index (κ3) is 6.62. The van der Waals surface area contributed by atoms with E-state index in [0.717, 1.165) is 49.9 Å². The van der Waals surface area contributed by atoms with Crippen LogP contribution in [-0.4, -0.2) is 65.9 Å². The highest BCUT2D eigenvalue weighted by Crippen LogP contribution is 2.26. The maximum Gasteiger partial charge on any atom is 0.387 e. The number of aromatic nitrogens is 2. The summed E-state index contributed by atoms with van der Waals surface area (Å²) in [5.41, 5.74) is 1.73. The van der Waals surface area contributed by atoms with Gasteiger partial charge in [-0.15, -0.1) is 0 Å². The number of benzene rings is 1. The molecule has 1 aromatic carbocycles. The van der Waals surface area contributed by atoms with Gasteiger partial charge in [0, 0.05) is 49.4 Å². The van der Waals surface area contributed by atoms with Gasteiger partial charge in [-0.05, 0) is 61.4 Å². The van der Waals surface area contributed by atoms with E-state index in [2.05, 4.69) is 26.9 Å². The molecule has 1 saturated carbocycles. The zero-order valence-corrected chi connectivity index (χ0v) is 22.1. The third-order valence-electron chi connectivity index (χ3n) is 7.68. The molecule has 0 atom stereocenters. The highest BCUT2D eigenvalue weighted by Gasteiger charge is 2.23. The van der Waals surface area contributed by atoms with Crippen molar-refractivity contribution in [3.05, 3.63) is 58.5 Å². The summed E-state index contributed by atoms with van der Waals surface area (Å²) < 4.78 is 36.5. The van der Waals surface area contributed by atoms with Crippen LogP contribution >= 0.6 is 0 Å². The second kappa shape index (κ2) is 12.2. The van der Waals surface area contributed by atoms with E-state index in [0.29, 0.717) is 43.3 Å². The predicted octanol–water partition coefficient (Wildman–Crippen LogP) is 4.31. The number of carbonyl (C=O) groups excluding carboxylic acids is 1. The average Bonchev–Trinajstić information content (AvgIpc) is 2.94. The lowest BCUT2D eigenvalue weighted by Crippen LogP contribution is -2.42. The molecule has 208 valence electrons. The van der Waals surface area contributed by atoms with Gasteiger partial charge >= 0.3 is 6.61 Å². The molecule has 2 fully saturated rings. The number of morpholine rings is 1. The van der Waals surface area contributed by atoms with Crippen LogP contribution in [-0.2, 0) is 11.3 Å². The Morgan fingerprint density at radius 3 is 2.49 bits per heavy atom. The molecular weight excluding hydrogens is 506 g/mol. The molecule has 0 spiro atoms. The van der Waals surface area contributed by atoms with Crippen molar-refractivity contribution in [2.75, 3.05) is 32.8 Å². The van der Waals surface area contributed by atoms with E-state index in [9.17, 15) is 18.4 Å². The molecule has 3 aromatic rings. The molecule has 0 bridgehead atoms. The van der Waals surface area contributed by atoms with Crippen molar-refractivity contribution >= 4 is 16.9 Å². The zero-order valence-electron chi connectivity index (χ0n) is 22.1. The van der Waals surface area contributed by atoms with Crippen molar-refractivity contribution in [2.45, 2.75) is 51.8 Å². The van der Waals surface area contributed by atoms with Crippen molar-refractivity contribution in [3.8, 4) is 16.9 Å². The summed E-state index contributed by atoms with van der Waals surface area (Å²) in [5.74, 6) is 0.354. The number of nitrogens with one attached hydrogen (secondary N) is 1. The lowest BCUT2D eigenvalue weighted by atomic mass is 9.87. The molecule has 2 aliphatic rings. The molecule has 0 unspecified atom stereocenters. The molecule has 1 N–H and O–H groups in total. The Balaban J connectivity index is 1.47. The van der Waals surface area contributed by atoms with E-state index in [1.165, 1.54) is 12.1 Å². The first-order valence-corrected chi connectivity index (χ1v) is 13.6. The predicted molar refractivity (Wildman–Crippen MR) is 144 cm³/mol. The van der Waals surface area contributed by atoms with Crippen LogP contribution in [0.5, 0.6) is 5.75 Å². The van der Waals surface area contributed by atoms with Crippen molar-refractivity contribution in [2.24, 2.45) is 5.92 Å². The van der Waals surface area contributed by atoms with Crippen molar-refractivity contribution < 1.29 is 23.0 Å². The molecule has 1 aliphatic heterocycles. The van der Waals surface area contributed by atoms with Gasteiger partial charge in [-0.25, -0.2) is 4.98 Å². The zero-order chi connectivity index (χ0) is 27.4. The van der Waals surface area contributed by atoms with E-state index in [4.69, 9.17) is 4.74 Å². The fourth-order valence-corrected chi connectivity index (χ4v) is 5.36. The first kappa shape index (κ1) is 27.2. The molecule has 8 nitrogen and oxygen atoms in total. The number of amides is 1. The molecule has 39 heavy (non-hydrogen) atoms. The maximum atomic E-state index is 13.6. The van der Waals surface area contributed by atoms with E-state index >= 15 is 0 Å². The van der Waals surface area contributed by atoms with Gasteiger partial charge in [-0.3, -0.25) is 19.1 Å². The molecule has 2 aromatic heterocycles. The minimum Gasteiger partial charge on any atom is -0.435 e. The molecule has 1 saturated heterocycles. The number of pyridine rings is 2. The smallest absolute Gasteiger partial charge is 0.387 e. The third-order valence-corrected chi connectivity index (χ3v) is 7.68. The second-order valence-corrected chi connectivity index (χ2v) is 10.4. The number of fused-ring (bicyclic) bond motifs is 1. The number of hydrogen-bond acceptors (Lipinski definition) is 6. The topological polar surface area (TPSA) is 85.7 Å². The normalized spacial score (nSPS) is 20.3. The van der Waals surface area contributed by atoms with Gasteiger partial charge in [0.05, 0.1) is 13.2 Å². The second-order valence-electron chi connectivity index (χ2n) is 10.4. The first-order valence-electron chi connectivity index (χ1n) is 13.6. The van der Waals surface area contributed by atoms with Crippen LogP contribution in [0.4, 0.5) is 8.78 Å². The van der Waals surface area contributed by atoms with Gasteiger partial charge < -0.3 is 14.8 Å². The fraction of sp³-hybridized carbons (Fsp3) is 0.483. The summed E-state index contributed by atoms with van der Waals surface area (Å²) in [6, 6.07) is 9.84. The average molecular weight is 541 g/mol. The van der Waals surface area contributed by atoms with Crippen LogP contribution in [0.25, 0.3) is 22.2 Å². The Labute approximate surface area is 225 Å². The lowest BCUT2D eigenvalue weighted by Gasteiger charge is -2.27. The van der Waals surface area contributed by atoms with Gasteiger partial charge in [0.25, 0.3) is 11.5 Å². The molecule has 1 amide bonds. The van der Waals surface area contributed by atoms with Gasteiger partial charge in [0.15, 0.2) is 0 Å². The molecular formula is C29H34F2N4O4. The molecule has 10 heteroatoms. The Morgan fingerprint density at radius 2 is 1.79 bits per heavy atom. The van der Waals surface area contributed by atoms with E-state index in [-0.39, 0.29) is 28.8 Å². The number of rotatable bonds is 8. The minimum absolute atomic E-state index is 0.0593. The standard InChI is InChI=1S/C29H34F2N4O4/c1-19-2-6-23(7-3-19)33-27(36)25-17-21-16-22(20-4-8-24(9-5-20)39-29(30)31)18-32-26(21)35(28(25)37)11-10-34-12-14-38-15-13-34/h4-5,8-9,16-19,23,29H,2-3,6-7,10-15H2,1H3,(H,33,36). The SMILES string of the molecule is CC1CCC(NC(=O)c2cc3cc(-c4ccc(OC(F)F)cc4)cnc3n(CCN3CCOCC3)c2=O)CC1. The molecule has 3 heterocycles. The number of hydrogen-bond donors (Lipinski definition) is 1. The molecule has 1 aliphatic carbocycles. The summed E-state index contributed by atoms with van der Waals surface area (Å²) in [4.78, 5) is 33.8. The highest BCUT2D eigenvalue weighted by atomic mass is 19.3. The summed E-state index contributed by atoms with van der Waals surface area (Å²) in [5, 5.41) is 3.74. The maximum absolute atomic E-state index is 13.6. The van der Waals surface area contributed by atoms with Crippen LogP contribution in [0.3, 0.4) is 0 Å². The summed E-state index contributed by atoms with van der Waals surface area (Å²) in [6.45, 7) is 3.24. The number of alkyl halides is 2. The van der Waals surface area contributed by atoms with Crippen LogP contribution in [0.15, 0.2) is 47.4 Å². The quantitative estimate of drug-likeness (QED) is 0.459. The van der Waals surface area contributed by atoms with Crippen LogP contribution in [0.1, 0.15) is 43.0 Å². The van der Waals surface area contributed by atoms with Crippen molar-refractivity contribution in [3.63, 3.8) is 0 Å². The van der Waals surface area contributed by atoms with Crippen molar-refractivity contribution in [1.82, 2.24) is 19.8 Å². The van der Waals surface area contributed by atoms with E-state index in [1.807, 2.05) is 6.07 Å². The van der Waals surface area contributed by atoms with Gasteiger partial charge in [0.2, 0.25) is 0 Å². The Kier molecular flexibility index (Phi) is 8.52. The molecule has 5 rings (SSSR count). The van der Waals surface area contributed by atoms with E-state index in [1.54, 1.807) is 29.0 Å². The number of ether oxygens (including phenoxy) is 2. The number of halogens is 2. The summed E-state index contributed by atoms with van der Waals surface area (Å²) >= 11 is 0. The minimum atomic E-state index is -2.89. The number of nitrogens with zero attached hydrogens (tertiary/aromatic N) is 3. The summed E-state index contributed by atoms with van der Waals surface area (Å²) in [7, 11) is 0. The van der Waals surface area contributed by atoms with Crippen LogP contribution < -0.4 is 15.6 Å². The summed E-state index contributed by atoms with van der Waals surface area (Å²) in [6.07, 6.45) is 5.58. The Hall–Kier alpha value is -3.37. The lowest BCUT2D eigenvalue weighted by molar-refractivity contribution is -0.0498. The Morgan fingerprint density at radius 1 is 1.08 bits per heavy atom. The largest absolute Gasteiger partial charge is 0.435 e. The van der Waals surface area contributed by atoms with Gasteiger partial charge in [-0.1, -0.05) is 19.1 Å². The monoisotopic (exact) mass is 540 g/mol. The van der Waals surface area contributed by atoms with Crippen molar-refractivity contribution in [1.29, 1.82) is 0 Å². The number of carbonyl (C=O) groups is 1. The van der Waals surface area contributed by atoms with Gasteiger partial charge in [-0.2, -0.15) is 8.78 Å². The van der Waals surface area contributed by atoms with Crippen LogP contribution in [0.2, 0.25) is 0 Å². The van der Waals surface area contributed by atoms with E-state index < -0.39 is 6.61 Å².